The van der Waals surface area contributed by atoms with Crippen LogP contribution >= 0.6 is 55.1 Å². The maximum absolute atomic E-state index is 12.6. The number of carboxylic acids is 1. The summed E-state index contributed by atoms with van der Waals surface area (Å²) in [5.41, 5.74) is 10.3. The van der Waals surface area contributed by atoms with Gasteiger partial charge in [-0.05, 0) is 97.1 Å². The maximum atomic E-state index is 12.6. The number of halogens is 4. The zero-order chi connectivity index (χ0) is 44.4. The number of benzene rings is 4. The number of nitrogen functional groups attached to an aromatic ring is 1. The van der Waals surface area contributed by atoms with Crippen LogP contribution in [0, 0.1) is 0 Å². The molecule has 6 N–H and O–H groups in total. The fraction of sp³-hybridized carbons (Fsp3) is 0. The summed E-state index contributed by atoms with van der Waals surface area (Å²) in [5.74, 6) is -0.528. The lowest BCUT2D eigenvalue weighted by atomic mass is 10.1. The summed E-state index contributed by atoms with van der Waals surface area (Å²) in [7, 11) is 0. The van der Waals surface area contributed by atoms with Crippen LogP contribution in [0.15, 0.2) is 149 Å². The molecule has 0 atom stereocenters. The number of nitrogens with two attached hydrogens (primary N) is 1. The Hall–Kier alpha value is -7.18. The summed E-state index contributed by atoms with van der Waals surface area (Å²) < 4.78 is 13.0. The molecule has 6 heterocycles. The number of amides is 1. The summed E-state index contributed by atoms with van der Waals surface area (Å²) in [6.07, 6.45) is 5.98. The van der Waals surface area contributed by atoms with Crippen LogP contribution in [0.4, 0.5) is 11.4 Å². The average Bonchev–Trinajstić information content (AvgIpc) is 3.83. The van der Waals surface area contributed by atoms with Crippen molar-refractivity contribution in [1.82, 2.24) is 29.9 Å². The van der Waals surface area contributed by atoms with Gasteiger partial charge in [0.15, 0.2) is 0 Å². The number of nitrogens with one attached hydrogen (secondary N) is 3. The number of pyridine rings is 2. The number of carboxylic acid groups (broad SMARTS) is 1. The Balaban J connectivity index is 0.000000149. The molecule has 0 saturated heterocycles. The fourth-order valence-electron chi connectivity index (χ4n) is 6.22. The van der Waals surface area contributed by atoms with E-state index >= 15 is 0 Å². The minimum atomic E-state index is -0.919. The molecule has 0 aliphatic rings. The van der Waals surface area contributed by atoms with Crippen LogP contribution in [0.3, 0.4) is 0 Å². The van der Waals surface area contributed by atoms with Crippen LogP contribution < -0.4 is 22.2 Å². The molecule has 0 aliphatic heterocycles. The van der Waals surface area contributed by atoms with Crippen LogP contribution in [0.2, 0.25) is 10.0 Å². The second kappa shape index (κ2) is 18.0. The lowest BCUT2D eigenvalue weighted by Crippen LogP contribution is -2.12. The minimum absolute atomic E-state index is 0.147. The number of rotatable bonds is 5. The Morgan fingerprint density at radius 3 is 1.57 bits per heavy atom. The van der Waals surface area contributed by atoms with Gasteiger partial charge in [-0.15, -0.1) is 0 Å². The van der Waals surface area contributed by atoms with Crippen molar-refractivity contribution in [1.29, 1.82) is 0 Å². The Morgan fingerprint density at radius 1 is 0.635 bits per heavy atom. The normalized spacial score (nSPS) is 10.9. The zero-order valence-electron chi connectivity index (χ0n) is 31.8. The van der Waals surface area contributed by atoms with Crippen LogP contribution in [-0.2, 0) is 0 Å². The van der Waals surface area contributed by atoms with E-state index < -0.39 is 11.5 Å². The molecule has 4 aromatic carbocycles. The Bertz CT molecular complexity index is 3510. The number of carbonyl (C=O) groups excluding carboxylic acids is 1. The van der Waals surface area contributed by atoms with E-state index in [9.17, 15) is 19.2 Å². The molecule has 10 aromatic rings. The Labute approximate surface area is 380 Å². The number of nitrogens with zero attached hydrogens (tertiary/aromatic N) is 4. The molecule has 15 nitrogen and oxygen atoms in total. The quantitative estimate of drug-likeness (QED) is 0.101. The number of hydrogen-bond acceptors (Lipinski definition) is 11. The highest BCUT2D eigenvalue weighted by molar-refractivity contribution is 9.10. The van der Waals surface area contributed by atoms with Crippen molar-refractivity contribution in [3.8, 4) is 22.8 Å². The lowest BCUT2D eigenvalue weighted by molar-refractivity contribution is 0.0696. The summed E-state index contributed by atoms with van der Waals surface area (Å²) in [6, 6.07) is 27.1. The topological polar surface area (TPSA) is 236 Å². The van der Waals surface area contributed by atoms with Gasteiger partial charge in [-0.2, -0.15) is 0 Å². The minimum Gasteiger partial charge on any atom is -0.478 e. The summed E-state index contributed by atoms with van der Waals surface area (Å²) in [6.45, 7) is 0. The molecule has 0 spiro atoms. The van der Waals surface area contributed by atoms with Crippen LogP contribution in [0.1, 0.15) is 20.7 Å². The number of furan rings is 2. The third-order valence-corrected chi connectivity index (χ3v) is 10.8. The molecule has 0 fully saturated rings. The second-order valence-electron chi connectivity index (χ2n) is 13.3. The van der Waals surface area contributed by atoms with E-state index in [0.717, 1.165) is 14.3 Å². The van der Waals surface area contributed by atoms with E-state index in [1.54, 1.807) is 73.1 Å². The SMILES string of the molecule is Nc1ccc(-c2nc3c(oc4ccc(Br)cc43)c(=O)[nH]2)c(Cl)c1.O=C(Nc1ccc(-c2nc3c(oc4ccc(Br)cc43)c(=O)[nH]2)c(Cl)c1)c1ccncc1.O=C(O)c1ccncc1. The lowest BCUT2D eigenvalue weighted by Gasteiger charge is -2.08. The van der Waals surface area contributed by atoms with E-state index in [1.165, 1.54) is 24.5 Å². The molecule has 0 unspecified atom stereocenters. The predicted octanol–water partition coefficient (Wildman–Crippen LogP) is 10.5. The average molecular weight is 1010 g/mol. The van der Waals surface area contributed by atoms with Crippen molar-refractivity contribution >= 4 is 122 Å². The number of hydrogen-bond donors (Lipinski definition) is 5. The number of aromatic nitrogens is 6. The Morgan fingerprint density at radius 2 is 1.11 bits per heavy atom. The van der Waals surface area contributed by atoms with Gasteiger partial charge >= 0.3 is 5.97 Å². The van der Waals surface area contributed by atoms with Crippen LogP contribution in [0.5, 0.6) is 0 Å². The second-order valence-corrected chi connectivity index (χ2v) is 16.0. The molecular formula is C44H26Br2Cl2N8O7. The monoisotopic (exact) mass is 1010 g/mol. The van der Waals surface area contributed by atoms with Gasteiger partial charge in [-0.25, -0.2) is 14.8 Å². The number of anilines is 2. The first-order valence-corrected chi connectivity index (χ1v) is 20.6. The molecule has 1 amide bonds. The molecule has 10 rings (SSSR count). The van der Waals surface area contributed by atoms with E-state index in [2.05, 4.69) is 67.1 Å². The number of aromatic carboxylic acids is 1. The molecule has 0 bridgehead atoms. The first-order valence-electron chi connectivity index (χ1n) is 18.3. The molecule has 0 saturated carbocycles. The van der Waals surface area contributed by atoms with E-state index in [1.807, 2.05) is 24.3 Å². The van der Waals surface area contributed by atoms with Gasteiger partial charge in [0.05, 0.1) is 15.6 Å². The van der Waals surface area contributed by atoms with Gasteiger partial charge in [0.25, 0.3) is 17.0 Å². The molecule has 6 aromatic heterocycles. The van der Waals surface area contributed by atoms with Crippen molar-refractivity contribution in [2.24, 2.45) is 0 Å². The fourth-order valence-corrected chi connectivity index (χ4v) is 7.49. The first kappa shape index (κ1) is 42.5. The summed E-state index contributed by atoms with van der Waals surface area (Å²) in [4.78, 5) is 69.5. The van der Waals surface area contributed by atoms with Crippen LogP contribution in [0.25, 0.3) is 66.9 Å². The van der Waals surface area contributed by atoms with E-state index in [4.69, 9.17) is 42.9 Å². The number of aromatic amines is 2. The Kier molecular flexibility index (Phi) is 12.2. The molecule has 0 aliphatic carbocycles. The van der Waals surface area contributed by atoms with Gasteiger partial charge in [0, 0.05) is 72.6 Å². The van der Waals surface area contributed by atoms with Gasteiger partial charge < -0.3 is 35.0 Å². The third kappa shape index (κ3) is 9.22. The molecule has 0 radical (unpaired) electrons. The van der Waals surface area contributed by atoms with Gasteiger partial charge in [0.2, 0.25) is 11.2 Å². The van der Waals surface area contributed by atoms with Crippen molar-refractivity contribution in [2.45, 2.75) is 0 Å². The largest absolute Gasteiger partial charge is 0.478 e. The van der Waals surface area contributed by atoms with Crippen LogP contribution in [-0.4, -0.2) is 46.9 Å². The first-order chi connectivity index (χ1) is 30.3. The number of fused-ring (bicyclic) bond motifs is 6. The smallest absolute Gasteiger partial charge is 0.335 e. The number of carbonyl (C=O) groups is 2. The summed E-state index contributed by atoms with van der Waals surface area (Å²) >= 11 is 19.5. The van der Waals surface area contributed by atoms with Crippen molar-refractivity contribution in [2.75, 3.05) is 11.1 Å². The molecule has 63 heavy (non-hydrogen) atoms. The highest BCUT2D eigenvalue weighted by Gasteiger charge is 2.18. The molecule has 19 heteroatoms. The van der Waals surface area contributed by atoms with Crippen molar-refractivity contribution in [3.63, 3.8) is 0 Å². The molecular weight excluding hydrogens is 983 g/mol. The van der Waals surface area contributed by atoms with E-state index in [-0.39, 0.29) is 28.2 Å². The zero-order valence-corrected chi connectivity index (χ0v) is 36.5. The van der Waals surface area contributed by atoms with Crippen molar-refractivity contribution < 1.29 is 23.5 Å². The predicted molar refractivity (Wildman–Crippen MR) is 248 cm³/mol. The van der Waals surface area contributed by atoms with Gasteiger partial charge in [-0.3, -0.25) is 24.4 Å². The highest BCUT2D eigenvalue weighted by Crippen LogP contribution is 2.34. The van der Waals surface area contributed by atoms with E-state index in [0.29, 0.717) is 77.3 Å². The maximum Gasteiger partial charge on any atom is 0.335 e. The van der Waals surface area contributed by atoms with Crippen molar-refractivity contribution in [3.05, 3.63) is 173 Å². The standard InChI is InChI=1S/C22H12BrClN4O3.C16H9BrClN3O2.C6H5NO2/c23-12-1-4-17-15(9-12)18-19(31-17)22(30)28-20(27-18)14-3-2-13(10-16(14)24)26-21(29)11-5-7-25-8-6-11;17-7-1-4-12-10(5-7)13-14(23-12)16(22)21-15(20-13)9-3-2-8(19)6-11(9)18;8-6(9)5-1-3-7-4-2-5/h1-10H,(H,26,29)(H,27,28,30);1-6H,19H2,(H,20,21,22);1-4H,(H,8,9). The third-order valence-electron chi connectivity index (χ3n) is 9.17. The highest BCUT2D eigenvalue weighted by atomic mass is 79.9. The van der Waals surface area contributed by atoms with Gasteiger partial charge in [-0.1, -0.05) is 55.1 Å². The van der Waals surface area contributed by atoms with Gasteiger partial charge in [0.1, 0.15) is 33.8 Å². The summed E-state index contributed by atoms with van der Waals surface area (Å²) in [5, 5.41) is 13.4. The number of H-pyrrole nitrogens is 2. The molecule has 312 valence electrons.